The fourth-order valence-corrected chi connectivity index (χ4v) is 10.3. The molecule has 3 amide bonds. The molecule has 3 aromatic carbocycles. The Morgan fingerprint density at radius 1 is 0.947 bits per heavy atom. The van der Waals surface area contributed by atoms with Gasteiger partial charge < -0.3 is 50.4 Å². The van der Waals surface area contributed by atoms with Gasteiger partial charge in [-0.25, -0.2) is 18.4 Å². The number of para-hydroxylation sites is 2. The zero-order valence-electron chi connectivity index (χ0n) is 43.5. The van der Waals surface area contributed by atoms with Crippen molar-refractivity contribution < 1.29 is 42.1 Å². The summed E-state index contributed by atoms with van der Waals surface area (Å²) in [7, 11) is -0.458. The van der Waals surface area contributed by atoms with Crippen molar-refractivity contribution in [2.45, 2.75) is 65.3 Å². The zero-order valence-corrected chi connectivity index (χ0v) is 45.9. The number of hydrogen-bond acceptors (Lipinski definition) is 17. The first-order valence-corrected chi connectivity index (χ1v) is 27.8. The predicted molar refractivity (Wildman–Crippen MR) is 293 cm³/mol. The second kappa shape index (κ2) is 25.6. The molecular weight excluding hydrogens is 1020 g/mol. The van der Waals surface area contributed by atoms with E-state index < -0.39 is 39.5 Å². The van der Waals surface area contributed by atoms with E-state index >= 15 is 0 Å². The molecule has 75 heavy (non-hydrogen) atoms. The summed E-state index contributed by atoms with van der Waals surface area (Å²) in [5.74, 6) is 0.0825. The standard InChI is InChI=1S/C52H68ClN11O9S2/c1-34-47(74-33-56-34)36-14-12-35(13-15-36)29-54-45(66)28-38-26-39(65)31-64(38)50(68)48(52(2,3)4)59-46(67)32-73-25-24-72-23-22-62-18-20-63(21-19-62)37-16-17-42(44(27-37)71-6)58-51-55-30-40(53)49(60-51)57-41-10-8-9-11-43(41)61(5)75(7,69)70/h8-17,27,30,33,38-39,48,65H,18-26,28-29,31-32H2,1-7H3,(H,54,66)(H,59,67)(H2,55,57,58,60)/t38-,39-,48-/m1/s1. The molecule has 0 saturated carbocycles. The first kappa shape index (κ1) is 56.6. The Morgan fingerprint density at radius 3 is 2.37 bits per heavy atom. The normalized spacial score (nSPS) is 16.6. The molecule has 23 heteroatoms. The van der Waals surface area contributed by atoms with Crippen LogP contribution in [0.15, 0.2) is 78.4 Å². The first-order chi connectivity index (χ1) is 35.8. The van der Waals surface area contributed by atoms with Crippen LogP contribution in [0.3, 0.4) is 0 Å². The highest BCUT2D eigenvalue weighted by Gasteiger charge is 2.42. The molecule has 2 aliphatic heterocycles. The lowest BCUT2D eigenvalue weighted by Crippen LogP contribution is -2.56. The molecule has 2 aliphatic rings. The molecule has 2 saturated heterocycles. The molecule has 5 N–H and O–H groups in total. The summed E-state index contributed by atoms with van der Waals surface area (Å²) in [6, 6.07) is 19.3. The van der Waals surface area contributed by atoms with E-state index in [9.17, 15) is 27.9 Å². The van der Waals surface area contributed by atoms with Gasteiger partial charge in [-0.15, -0.1) is 11.3 Å². The molecule has 0 bridgehead atoms. The van der Waals surface area contributed by atoms with Gasteiger partial charge in [0.25, 0.3) is 0 Å². The summed E-state index contributed by atoms with van der Waals surface area (Å²) in [5.41, 5.74) is 6.68. The SMILES string of the molecule is COc1cc(N2CCN(CCOCCOCC(=O)N[C@H](C(=O)N3C[C@H](O)C[C@@H]3CC(=O)NCc3ccc(-c4scnc4C)cc3)C(C)(C)C)CC2)ccc1Nc1ncc(Cl)c(Nc2ccccc2N(C)S(C)(=O)=O)n1. The van der Waals surface area contributed by atoms with Crippen LogP contribution in [0.25, 0.3) is 10.4 Å². The number of likely N-dealkylation sites (tertiary alicyclic amines) is 1. The largest absolute Gasteiger partial charge is 0.494 e. The molecule has 404 valence electrons. The highest BCUT2D eigenvalue weighted by atomic mass is 35.5. The van der Waals surface area contributed by atoms with Crippen LogP contribution in [0.5, 0.6) is 5.75 Å². The first-order valence-electron chi connectivity index (χ1n) is 24.7. The molecule has 20 nitrogen and oxygen atoms in total. The monoisotopic (exact) mass is 1090 g/mol. The Hall–Kier alpha value is -6.14. The maximum atomic E-state index is 14.0. The average molecular weight is 1090 g/mol. The Bertz CT molecular complexity index is 2860. The third-order valence-electron chi connectivity index (χ3n) is 13.0. The van der Waals surface area contributed by atoms with Gasteiger partial charge in [-0.3, -0.25) is 23.6 Å². The van der Waals surface area contributed by atoms with E-state index in [0.29, 0.717) is 36.0 Å². The molecular formula is C52H68ClN11O9S2. The molecule has 0 radical (unpaired) electrons. The molecule has 5 aromatic rings. The number of methoxy groups -OCH3 is 1. The number of anilines is 6. The number of aliphatic hydroxyl groups excluding tert-OH is 1. The van der Waals surface area contributed by atoms with Crippen LogP contribution in [-0.4, -0.2) is 160 Å². The number of rotatable bonds is 23. The minimum absolute atomic E-state index is 0.0235. The van der Waals surface area contributed by atoms with Crippen molar-refractivity contribution in [3.63, 3.8) is 0 Å². The van der Waals surface area contributed by atoms with Crippen molar-refractivity contribution >= 4 is 85.2 Å². The van der Waals surface area contributed by atoms with E-state index in [-0.39, 0.29) is 67.8 Å². The van der Waals surface area contributed by atoms with E-state index in [0.717, 1.165) is 66.4 Å². The Morgan fingerprint density at radius 2 is 1.68 bits per heavy atom. The Labute approximate surface area is 448 Å². The molecule has 4 heterocycles. The van der Waals surface area contributed by atoms with E-state index in [1.807, 2.05) is 75.7 Å². The number of carbonyl (C=O) groups excluding carboxylic acids is 3. The van der Waals surface area contributed by atoms with Crippen molar-refractivity contribution in [2.24, 2.45) is 5.41 Å². The Kier molecular flexibility index (Phi) is 19.3. The molecule has 0 spiro atoms. The van der Waals surface area contributed by atoms with Crippen LogP contribution >= 0.6 is 22.9 Å². The number of aryl methyl sites for hydroxylation is 1. The lowest BCUT2D eigenvalue weighted by Gasteiger charge is -2.36. The third-order valence-corrected chi connectivity index (χ3v) is 15.5. The fourth-order valence-electron chi connectivity index (χ4n) is 8.80. The summed E-state index contributed by atoms with van der Waals surface area (Å²) >= 11 is 8.05. The molecule has 2 aromatic heterocycles. The van der Waals surface area contributed by atoms with E-state index in [1.165, 1.54) is 22.4 Å². The number of piperazine rings is 1. The maximum absolute atomic E-state index is 14.0. The van der Waals surface area contributed by atoms with Gasteiger partial charge in [0, 0.05) is 77.1 Å². The average Bonchev–Trinajstić information content (AvgIpc) is 3.99. The van der Waals surface area contributed by atoms with Crippen molar-refractivity contribution in [3.8, 4) is 16.2 Å². The number of aliphatic hydroxyl groups is 1. The quantitative estimate of drug-likeness (QED) is 0.0486. The lowest BCUT2D eigenvalue weighted by molar-refractivity contribution is -0.142. The van der Waals surface area contributed by atoms with Crippen molar-refractivity contribution in [3.05, 3.63) is 94.7 Å². The molecule has 3 atom stereocenters. The number of hydrogen-bond donors (Lipinski definition) is 5. The van der Waals surface area contributed by atoms with E-state index in [1.54, 1.807) is 42.7 Å². The molecule has 7 rings (SSSR count). The Balaban J connectivity index is 0.798. The van der Waals surface area contributed by atoms with E-state index in [2.05, 4.69) is 46.0 Å². The zero-order chi connectivity index (χ0) is 53.9. The number of thiazole rings is 1. The lowest BCUT2D eigenvalue weighted by atomic mass is 9.85. The third kappa shape index (κ3) is 15.5. The number of benzene rings is 3. The van der Waals surface area contributed by atoms with Crippen LogP contribution in [0.4, 0.5) is 34.5 Å². The van der Waals surface area contributed by atoms with Crippen molar-refractivity contribution in [1.82, 2.24) is 35.4 Å². The van der Waals surface area contributed by atoms with Crippen LogP contribution in [0.2, 0.25) is 5.02 Å². The molecule has 0 aliphatic carbocycles. The highest BCUT2D eigenvalue weighted by molar-refractivity contribution is 7.92. The summed E-state index contributed by atoms with van der Waals surface area (Å²) in [6.45, 7) is 12.6. The highest BCUT2D eigenvalue weighted by Crippen LogP contribution is 2.35. The van der Waals surface area contributed by atoms with Crippen molar-refractivity contribution in [1.29, 1.82) is 0 Å². The second-order valence-electron chi connectivity index (χ2n) is 19.6. The number of nitrogens with one attached hydrogen (secondary N) is 4. The minimum Gasteiger partial charge on any atom is -0.494 e. The summed E-state index contributed by atoms with van der Waals surface area (Å²) in [5, 5.41) is 23.0. The number of sulfonamides is 1. The van der Waals surface area contributed by atoms with Gasteiger partial charge in [0.2, 0.25) is 33.7 Å². The number of amides is 3. The number of halogens is 1. The van der Waals surface area contributed by atoms with E-state index in [4.69, 9.17) is 25.8 Å². The van der Waals surface area contributed by atoms with Gasteiger partial charge in [0.05, 0.1) is 78.6 Å². The topological polar surface area (TPSA) is 233 Å². The van der Waals surface area contributed by atoms with Crippen LogP contribution in [-0.2, 0) is 40.4 Å². The summed E-state index contributed by atoms with van der Waals surface area (Å²) in [4.78, 5) is 60.8. The summed E-state index contributed by atoms with van der Waals surface area (Å²) < 4.78 is 43.0. The van der Waals surface area contributed by atoms with Crippen LogP contribution < -0.4 is 35.2 Å². The number of β-amino-alcohol motifs (C(OH)–C–C–N with tert-alkyl or cyclic N) is 1. The minimum atomic E-state index is -3.52. The number of ether oxygens (including phenoxy) is 3. The number of nitrogens with zero attached hydrogens (tertiary/aromatic N) is 7. The van der Waals surface area contributed by atoms with Crippen LogP contribution in [0, 0.1) is 12.3 Å². The van der Waals surface area contributed by atoms with Gasteiger partial charge in [0.15, 0.2) is 5.82 Å². The predicted octanol–water partition coefficient (Wildman–Crippen LogP) is 5.81. The molecule has 0 unspecified atom stereocenters. The maximum Gasteiger partial charge on any atom is 0.246 e. The smallest absolute Gasteiger partial charge is 0.246 e. The second-order valence-corrected chi connectivity index (χ2v) is 22.9. The van der Waals surface area contributed by atoms with Gasteiger partial charge in [0.1, 0.15) is 23.4 Å². The van der Waals surface area contributed by atoms with Gasteiger partial charge in [-0.1, -0.05) is 68.8 Å². The van der Waals surface area contributed by atoms with Gasteiger partial charge in [-0.05, 0) is 54.2 Å². The fraction of sp³-hybridized carbons (Fsp3) is 0.462. The van der Waals surface area contributed by atoms with Crippen molar-refractivity contribution in [2.75, 3.05) is 106 Å². The van der Waals surface area contributed by atoms with Gasteiger partial charge >= 0.3 is 0 Å². The van der Waals surface area contributed by atoms with Gasteiger partial charge in [-0.2, -0.15) is 4.98 Å². The summed E-state index contributed by atoms with van der Waals surface area (Å²) in [6.07, 6.45) is 2.09. The molecule has 2 fully saturated rings. The number of carbonyl (C=O) groups is 3. The number of aromatic nitrogens is 3. The van der Waals surface area contributed by atoms with Crippen LogP contribution in [0.1, 0.15) is 44.9 Å².